The summed E-state index contributed by atoms with van der Waals surface area (Å²) in [5.74, 6) is 0.272. The van der Waals surface area contributed by atoms with Gasteiger partial charge in [-0.3, -0.25) is 9.59 Å². The van der Waals surface area contributed by atoms with Crippen LogP contribution >= 0.6 is 0 Å². The highest BCUT2D eigenvalue weighted by atomic mass is 16.2. The first kappa shape index (κ1) is 14.5. The van der Waals surface area contributed by atoms with Gasteiger partial charge in [-0.1, -0.05) is 6.07 Å². The number of anilines is 1. The minimum Gasteiger partial charge on any atom is -0.355 e. The van der Waals surface area contributed by atoms with Crippen LogP contribution < -0.4 is 16.0 Å². The predicted molar refractivity (Wildman–Crippen MR) is 78.8 cm³/mol. The Balaban J connectivity index is 2.03. The molecule has 2 amide bonds. The lowest BCUT2D eigenvalue weighted by Crippen LogP contribution is -2.20. The third-order valence-corrected chi connectivity index (χ3v) is 3.64. The van der Waals surface area contributed by atoms with E-state index in [-0.39, 0.29) is 11.8 Å². The molecule has 5 nitrogen and oxygen atoms in total. The molecular weight excluding hydrogens is 254 g/mol. The van der Waals surface area contributed by atoms with Crippen molar-refractivity contribution in [3.63, 3.8) is 0 Å². The molecule has 1 aliphatic heterocycles. The second-order valence-corrected chi connectivity index (χ2v) is 5.22. The van der Waals surface area contributed by atoms with E-state index in [9.17, 15) is 9.59 Å². The maximum absolute atomic E-state index is 12.0. The van der Waals surface area contributed by atoms with Gasteiger partial charge < -0.3 is 16.0 Å². The number of benzene rings is 1. The normalized spacial score (nSPS) is 17.8. The number of aryl methyl sites for hydroxylation is 1. The van der Waals surface area contributed by atoms with Gasteiger partial charge in [-0.25, -0.2) is 0 Å². The van der Waals surface area contributed by atoms with E-state index in [0.29, 0.717) is 23.6 Å². The van der Waals surface area contributed by atoms with Gasteiger partial charge >= 0.3 is 0 Å². The summed E-state index contributed by atoms with van der Waals surface area (Å²) in [7, 11) is 1.59. The van der Waals surface area contributed by atoms with Crippen molar-refractivity contribution >= 4 is 17.5 Å². The Morgan fingerprint density at radius 2 is 2.20 bits per heavy atom. The molecule has 1 aromatic rings. The maximum atomic E-state index is 12.0. The number of hydrogen-bond donors (Lipinski definition) is 3. The van der Waals surface area contributed by atoms with Crippen molar-refractivity contribution in [1.29, 1.82) is 0 Å². The quantitative estimate of drug-likeness (QED) is 0.775. The van der Waals surface area contributed by atoms with Crippen LogP contribution in [-0.4, -0.2) is 32.0 Å². The molecule has 1 unspecified atom stereocenters. The van der Waals surface area contributed by atoms with Crippen LogP contribution in [0.2, 0.25) is 0 Å². The monoisotopic (exact) mass is 275 g/mol. The van der Waals surface area contributed by atoms with E-state index in [1.54, 1.807) is 19.2 Å². The molecule has 1 heterocycles. The lowest BCUT2D eigenvalue weighted by Gasteiger charge is -2.12. The molecule has 1 aromatic carbocycles. The average molecular weight is 275 g/mol. The van der Waals surface area contributed by atoms with Crippen LogP contribution in [-0.2, 0) is 4.79 Å². The smallest absolute Gasteiger partial charge is 0.251 e. The topological polar surface area (TPSA) is 70.2 Å². The van der Waals surface area contributed by atoms with Gasteiger partial charge in [0.15, 0.2) is 0 Å². The lowest BCUT2D eigenvalue weighted by molar-refractivity contribution is -0.117. The van der Waals surface area contributed by atoms with Crippen LogP contribution in [0.15, 0.2) is 18.2 Å². The third kappa shape index (κ3) is 3.57. The van der Waals surface area contributed by atoms with Crippen LogP contribution in [0.1, 0.15) is 28.8 Å². The van der Waals surface area contributed by atoms with Crippen molar-refractivity contribution in [2.45, 2.75) is 19.8 Å². The summed E-state index contributed by atoms with van der Waals surface area (Å²) in [6, 6.07) is 5.32. The Morgan fingerprint density at radius 3 is 2.85 bits per heavy atom. The Morgan fingerprint density at radius 1 is 1.40 bits per heavy atom. The van der Waals surface area contributed by atoms with Gasteiger partial charge in [0.2, 0.25) is 5.91 Å². The first-order valence-electron chi connectivity index (χ1n) is 6.93. The molecule has 0 spiro atoms. The van der Waals surface area contributed by atoms with Gasteiger partial charge in [0, 0.05) is 24.7 Å². The van der Waals surface area contributed by atoms with Crippen molar-refractivity contribution in [2.75, 3.05) is 25.5 Å². The summed E-state index contributed by atoms with van der Waals surface area (Å²) in [5, 5.41) is 8.74. The van der Waals surface area contributed by atoms with Gasteiger partial charge in [0.1, 0.15) is 0 Å². The van der Waals surface area contributed by atoms with Crippen molar-refractivity contribution < 1.29 is 9.59 Å². The molecule has 1 atom stereocenters. The van der Waals surface area contributed by atoms with E-state index in [1.807, 2.05) is 13.0 Å². The SMILES string of the molecule is CNC(=O)c1ccc(C)c(NC(=O)CC2CCNC2)c1. The average Bonchev–Trinajstić information content (AvgIpc) is 2.93. The molecule has 108 valence electrons. The van der Waals surface area contributed by atoms with Crippen LogP contribution in [0.4, 0.5) is 5.69 Å². The molecule has 0 aliphatic carbocycles. The highest BCUT2D eigenvalue weighted by molar-refractivity contribution is 5.97. The lowest BCUT2D eigenvalue weighted by atomic mass is 10.0. The number of amides is 2. The minimum atomic E-state index is -0.152. The number of hydrogen-bond acceptors (Lipinski definition) is 3. The summed E-state index contributed by atoms with van der Waals surface area (Å²) in [6.07, 6.45) is 1.57. The van der Waals surface area contributed by atoms with Gasteiger partial charge in [0.05, 0.1) is 0 Å². The Hall–Kier alpha value is -1.88. The number of carbonyl (C=O) groups is 2. The zero-order chi connectivity index (χ0) is 14.5. The molecule has 2 rings (SSSR count). The summed E-state index contributed by atoms with van der Waals surface area (Å²) in [6.45, 7) is 3.81. The summed E-state index contributed by atoms with van der Waals surface area (Å²) in [5.41, 5.74) is 2.22. The zero-order valence-corrected chi connectivity index (χ0v) is 12.0. The Labute approximate surface area is 119 Å². The fourth-order valence-corrected chi connectivity index (χ4v) is 2.39. The summed E-state index contributed by atoms with van der Waals surface area (Å²) in [4.78, 5) is 23.6. The predicted octanol–water partition coefficient (Wildman–Crippen LogP) is 1.29. The van der Waals surface area contributed by atoms with E-state index in [2.05, 4.69) is 16.0 Å². The Bertz CT molecular complexity index is 508. The molecule has 20 heavy (non-hydrogen) atoms. The molecule has 0 radical (unpaired) electrons. The van der Waals surface area contributed by atoms with Crippen molar-refractivity contribution in [2.24, 2.45) is 5.92 Å². The Kier molecular flexibility index (Phi) is 4.74. The fraction of sp³-hybridized carbons (Fsp3) is 0.467. The minimum absolute atomic E-state index is 0.0101. The van der Waals surface area contributed by atoms with Gasteiger partial charge in [-0.05, 0) is 50.0 Å². The summed E-state index contributed by atoms with van der Waals surface area (Å²) >= 11 is 0. The van der Waals surface area contributed by atoms with Crippen molar-refractivity contribution in [3.05, 3.63) is 29.3 Å². The van der Waals surface area contributed by atoms with Crippen LogP contribution in [0.5, 0.6) is 0 Å². The van der Waals surface area contributed by atoms with Gasteiger partial charge in [-0.15, -0.1) is 0 Å². The van der Waals surface area contributed by atoms with Gasteiger partial charge in [0.25, 0.3) is 5.91 Å². The number of rotatable bonds is 4. The fourth-order valence-electron chi connectivity index (χ4n) is 2.39. The molecule has 1 saturated heterocycles. The molecule has 5 heteroatoms. The van der Waals surface area contributed by atoms with E-state index in [1.165, 1.54) is 0 Å². The van der Waals surface area contributed by atoms with Crippen molar-refractivity contribution in [3.8, 4) is 0 Å². The van der Waals surface area contributed by atoms with Crippen molar-refractivity contribution in [1.82, 2.24) is 10.6 Å². The highest BCUT2D eigenvalue weighted by Crippen LogP contribution is 2.19. The standard InChI is InChI=1S/C15H21N3O2/c1-10-3-4-12(15(20)16-2)8-13(10)18-14(19)7-11-5-6-17-9-11/h3-4,8,11,17H,5-7,9H2,1-2H3,(H,16,20)(H,18,19). The molecule has 1 fully saturated rings. The van der Waals surface area contributed by atoms with E-state index >= 15 is 0 Å². The maximum Gasteiger partial charge on any atom is 0.251 e. The molecule has 3 N–H and O–H groups in total. The molecule has 0 bridgehead atoms. The first-order chi connectivity index (χ1) is 9.60. The first-order valence-corrected chi connectivity index (χ1v) is 6.93. The van der Waals surface area contributed by atoms with Crippen LogP contribution in [0.3, 0.4) is 0 Å². The highest BCUT2D eigenvalue weighted by Gasteiger charge is 2.18. The van der Waals surface area contributed by atoms with Gasteiger partial charge in [-0.2, -0.15) is 0 Å². The van der Waals surface area contributed by atoms with E-state index < -0.39 is 0 Å². The van der Waals surface area contributed by atoms with Crippen LogP contribution in [0.25, 0.3) is 0 Å². The zero-order valence-electron chi connectivity index (χ0n) is 12.0. The van der Waals surface area contributed by atoms with Crippen LogP contribution in [0, 0.1) is 12.8 Å². The largest absolute Gasteiger partial charge is 0.355 e. The number of nitrogens with one attached hydrogen (secondary N) is 3. The van der Waals surface area contributed by atoms with E-state index in [4.69, 9.17) is 0 Å². The molecule has 0 aromatic heterocycles. The summed E-state index contributed by atoms with van der Waals surface area (Å²) < 4.78 is 0. The molecule has 1 aliphatic rings. The second-order valence-electron chi connectivity index (χ2n) is 5.22. The molecule has 0 saturated carbocycles. The van der Waals surface area contributed by atoms with E-state index in [0.717, 1.165) is 25.1 Å². The second kappa shape index (κ2) is 6.52. The third-order valence-electron chi connectivity index (χ3n) is 3.64. The molecular formula is C15H21N3O2. The number of carbonyl (C=O) groups excluding carboxylic acids is 2.